The van der Waals surface area contributed by atoms with Crippen LogP contribution in [0.4, 0.5) is 0 Å². The second kappa shape index (κ2) is 5.92. The summed E-state index contributed by atoms with van der Waals surface area (Å²) in [5, 5.41) is 3.46. The fourth-order valence-electron chi connectivity index (χ4n) is 1.74. The average molecular weight is 283 g/mol. The smallest absolute Gasteiger partial charge is 0.175 e. The van der Waals surface area contributed by atoms with Gasteiger partial charge in [0, 0.05) is 24.8 Å². The summed E-state index contributed by atoms with van der Waals surface area (Å²) in [6, 6.07) is 7.29. The van der Waals surface area contributed by atoms with E-state index in [1.54, 1.807) is 24.3 Å². The van der Waals surface area contributed by atoms with Gasteiger partial charge in [-0.15, -0.1) is 0 Å². The first kappa shape index (κ1) is 14.3. The number of hydrogen-bond donors (Lipinski definition) is 1. The third-order valence-electron chi connectivity index (χ3n) is 3.12. The molecule has 1 atom stereocenters. The minimum atomic E-state index is -3.13. The van der Waals surface area contributed by atoms with E-state index < -0.39 is 9.84 Å². The summed E-state index contributed by atoms with van der Waals surface area (Å²) < 4.78 is 28.3. The van der Waals surface area contributed by atoms with Gasteiger partial charge in [-0.3, -0.25) is 0 Å². The summed E-state index contributed by atoms with van der Waals surface area (Å²) in [5.74, 6) is 1.15. The van der Waals surface area contributed by atoms with Gasteiger partial charge in [-0.2, -0.15) is 0 Å². The highest BCUT2D eigenvalue weighted by molar-refractivity contribution is 7.90. The van der Waals surface area contributed by atoms with Gasteiger partial charge in [-0.1, -0.05) is 6.92 Å². The Balaban J connectivity index is 1.78. The van der Waals surface area contributed by atoms with E-state index in [1.807, 2.05) is 0 Å². The number of ether oxygens (including phenoxy) is 1. The molecule has 2 rings (SSSR count). The van der Waals surface area contributed by atoms with Crippen LogP contribution in [0.1, 0.15) is 19.8 Å². The lowest BCUT2D eigenvalue weighted by Crippen LogP contribution is -2.26. The van der Waals surface area contributed by atoms with E-state index in [-0.39, 0.29) is 0 Å². The van der Waals surface area contributed by atoms with Crippen LogP contribution in [0.25, 0.3) is 0 Å². The van der Waals surface area contributed by atoms with Crippen molar-refractivity contribution in [3.05, 3.63) is 24.3 Å². The van der Waals surface area contributed by atoms with E-state index in [4.69, 9.17) is 4.74 Å². The lowest BCUT2D eigenvalue weighted by Gasteiger charge is -2.13. The van der Waals surface area contributed by atoms with Crippen molar-refractivity contribution in [2.24, 2.45) is 5.92 Å². The summed E-state index contributed by atoms with van der Waals surface area (Å²) in [7, 11) is -3.13. The molecule has 5 heteroatoms. The first-order valence-corrected chi connectivity index (χ1v) is 8.50. The van der Waals surface area contributed by atoms with Crippen LogP contribution in [0.3, 0.4) is 0 Å². The fourth-order valence-corrected chi connectivity index (χ4v) is 2.37. The van der Waals surface area contributed by atoms with Crippen LogP contribution in [0.5, 0.6) is 5.75 Å². The van der Waals surface area contributed by atoms with Crippen molar-refractivity contribution in [3.63, 3.8) is 0 Å². The Kier molecular flexibility index (Phi) is 4.47. The lowest BCUT2D eigenvalue weighted by molar-refractivity contribution is 0.255. The molecule has 1 N–H and O–H groups in total. The van der Waals surface area contributed by atoms with Gasteiger partial charge in [-0.05, 0) is 37.1 Å². The Morgan fingerprint density at radius 2 is 1.95 bits per heavy atom. The van der Waals surface area contributed by atoms with E-state index in [2.05, 4.69) is 12.2 Å². The first-order valence-electron chi connectivity index (χ1n) is 6.61. The number of hydrogen-bond acceptors (Lipinski definition) is 4. The van der Waals surface area contributed by atoms with Crippen molar-refractivity contribution in [2.75, 3.05) is 19.4 Å². The fraction of sp³-hybridized carbons (Fsp3) is 0.571. The highest BCUT2D eigenvalue weighted by Gasteiger charge is 2.20. The standard InChI is InChI=1S/C14H21NO3S/c1-11(9-15-12-3-4-12)10-18-13-5-7-14(8-6-13)19(2,16)17/h5-8,11-12,15H,3-4,9-10H2,1-2H3. The van der Waals surface area contributed by atoms with Gasteiger partial charge in [0.2, 0.25) is 0 Å². The molecule has 1 saturated carbocycles. The molecule has 1 aliphatic carbocycles. The SMILES string of the molecule is CC(CNC1CC1)COc1ccc(S(C)(=O)=O)cc1. The molecule has 0 heterocycles. The van der Waals surface area contributed by atoms with Crippen molar-refractivity contribution in [1.29, 1.82) is 0 Å². The highest BCUT2D eigenvalue weighted by Crippen LogP contribution is 2.19. The molecule has 0 aromatic heterocycles. The van der Waals surface area contributed by atoms with Gasteiger partial charge < -0.3 is 10.1 Å². The average Bonchev–Trinajstić information content (AvgIpc) is 3.17. The van der Waals surface area contributed by atoms with Crippen molar-refractivity contribution in [3.8, 4) is 5.75 Å². The Bertz CT molecular complexity index is 506. The molecular weight excluding hydrogens is 262 g/mol. The second-order valence-electron chi connectivity index (χ2n) is 5.34. The molecular formula is C14H21NO3S. The molecule has 0 aliphatic heterocycles. The van der Waals surface area contributed by atoms with Crippen molar-refractivity contribution in [1.82, 2.24) is 5.32 Å². The zero-order valence-electron chi connectivity index (χ0n) is 11.4. The molecule has 1 aromatic carbocycles. The summed E-state index contributed by atoms with van der Waals surface area (Å²) in [4.78, 5) is 0.322. The zero-order valence-corrected chi connectivity index (χ0v) is 12.2. The Morgan fingerprint density at radius 3 is 2.47 bits per heavy atom. The van der Waals surface area contributed by atoms with Crippen LogP contribution in [-0.2, 0) is 9.84 Å². The summed E-state index contributed by atoms with van der Waals surface area (Å²) >= 11 is 0. The molecule has 1 fully saturated rings. The molecule has 0 bridgehead atoms. The van der Waals surface area contributed by atoms with E-state index in [0.717, 1.165) is 12.6 Å². The van der Waals surface area contributed by atoms with Crippen LogP contribution >= 0.6 is 0 Å². The third-order valence-corrected chi connectivity index (χ3v) is 4.25. The van der Waals surface area contributed by atoms with Crippen molar-refractivity contribution < 1.29 is 13.2 Å². The van der Waals surface area contributed by atoms with E-state index in [0.29, 0.717) is 23.2 Å². The Morgan fingerprint density at radius 1 is 1.32 bits per heavy atom. The molecule has 4 nitrogen and oxygen atoms in total. The van der Waals surface area contributed by atoms with E-state index in [1.165, 1.54) is 19.1 Å². The third kappa shape index (κ3) is 4.84. The maximum atomic E-state index is 11.3. The first-order chi connectivity index (χ1) is 8.95. The Labute approximate surface area is 115 Å². The number of sulfone groups is 1. The molecule has 1 aliphatic rings. The largest absolute Gasteiger partial charge is 0.493 e. The molecule has 1 aromatic rings. The number of rotatable bonds is 7. The molecule has 19 heavy (non-hydrogen) atoms. The predicted octanol–water partition coefficient (Wildman–Crippen LogP) is 1.86. The maximum Gasteiger partial charge on any atom is 0.175 e. The molecule has 106 valence electrons. The molecule has 0 saturated heterocycles. The topological polar surface area (TPSA) is 55.4 Å². The minimum Gasteiger partial charge on any atom is -0.493 e. The minimum absolute atomic E-state index is 0.322. The zero-order chi connectivity index (χ0) is 13.9. The van der Waals surface area contributed by atoms with Crippen molar-refractivity contribution >= 4 is 9.84 Å². The quantitative estimate of drug-likeness (QED) is 0.830. The van der Waals surface area contributed by atoms with Gasteiger partial charge >= 0.3 is 0 Å². The Hall–Kier alpha value is -1.07. The van der Waals surface area contributed by atoms with E-state index in [9.17, 15) is 8.42 Å². The van der Waals surface area contributed by atoms with Crippen LogP contribution in [0, 0.1) is 5.92 Å². The van der Waals surface area contributed by atoms with Crippen LogP contribution < -0.4 is 10.1 Å². The van der Waals surface area contributed by atoms with Crippen LogP contribution in [0.15, 0.2) is 29.2 Å². The number of benzene rings is 1. The highest BCUT2D eigenvalue weighted by atomic mass is 32.2. The van der Waals surface area contributed by atoms with Crippen LogP contribution in [0.2, 0.25) is 0 Å². The molecule has 0 amide bonds. The number of nitrogens with one attached hydrogen (secondary N) is 1. The normalized spacial score (nSPS) is 17.2. The summed E-state index contributed by atoms with van der Waals surface area (Å²) in [5.41, 5.74) is 0. The van der Waals surface area contributed by atoms with Gasteiger partial charge in [-0.25, -0.2) is 8.42 Å². The van der Waals surface area contributed by atoms with Crippen molar-refractivity contribution in [2.45, 2.75) is 30.7 Å². The monoisotopic (exact) mass is 283 g/mol. The molecule has 0 radical (unpaired) electrons. The predicted molar refractivity (Wildman–Crippen MR) is 75.2 cm³/mol. The second-order valence-corrected chi connectivity index (χ2v) is 7.36. The lowest BCUT2D eigenvalue weighted by atomic mass is 10.2. The maximum absolute atomic E-state index is 11.3. The van der Waals surface area contributed by atoms with Crippen LogP contribution in [-0.4, -0.2) is 33.9 Å². The summed E-state index contributed by atoms with van der Waals surface area (Å²) in [6.07, 6.45) is 3.79. The summed E-state index contributed by atoms with van der Waals surface area (Å²) in [6.45, 7) is 3.74. The van der Waals surface area contributed by atoms with Gasteiger partial charge in [0.15, 0.2) is 9.84 Å². The van der Waals surface area contributed by atoms with Gasteiger partial charge in [0.25, 0.3) is 0 Å². The molecule has 1 unspecified atom stereocenters. The van der Waals surface area contributed by atoms with Gasteiger partial charge in [0.1, 0.15) is 5.75 Å². The molecule has 0 spiro atoms. The van der Waals surface area contributed by atoms with E-state index >= 15 is 0 Å². The van der Waals surface area contributed by atoms with Gasteiger partial charge in [0.05, 0.1) is 11.5 Å².